The minimum Gasteiger partial charge on any atom is -0.468 e. The second kappa shape index (κ2) is 14.4. The quantitative estimate of drug-likeness (QED) is 0.176. The summed E-state index contributed by atoms with van der Waals surface area (Å²) in [5.41, 5.74) is 3.46. The second-order valence-corrected chi connectivity index (χ2v) is 11.3. The highest BCUT2D eigenvalue weighted by molar-refractivity contribution is 6.07. The molecule has 10 heteroatoms. The third kappa shape index (κ3) is 7.02. The van der Waals surface area contributed by atoms with Gasteiger partial charge in [0.25, 0.3) is 5.69 Å². The average Bonchev–Trinajstić information content (AvgIpc) is 3.06. The second-order valence-electron chi connectivity index (χ2n) is 11.3. The van der Waals surface area contributed by atoms with Crippen LogP contribution in [0.2, 0.25) is 0 Å². The molecule has 2 aliphatic rings. The smallest absolute Gasteiger partial charge is 0.336 e. The van der Waals surface area contributed by atoms with Crippen molar-refractivity contribution in [1.82, 2.24) is 9.80 Å². The van der Waals surface area contributed by atoms with E-state index in [-0.39, 0.29) is 29.5 Å². The molecule has 0 saturated carbocycles. The zero-order valence-electron chi connectivity index (χ0n) is 25.8. The third-order valence-electron chi connectivity index (χ3n) is 8.62. The molecule has 0 aromatic heterocycles. The molecule has 234 valence electrons. The molecule has 45 heavy (non-hydrogen) atoms. The van der Waals surface area contributed by atoms with Crippen molar-refractivity contribution in [3.63, 3.8) is 0 Å². The number of ether oxygens (including phenoxy) is 2. The number of methoxy groups -OCH3 is 1. The molecule has 10 nitrogen and oxygen atoms in total. The van der Waals surface area contributed by atoms with E-state index >= 15 is 0 Å². The number of carbonyl (C=O) groups excluding carboxylic acids is 2. The molecule has 0 aliphatic carbocycles. The van der Waals surface area contributed by atoms with Crippen LogP contribution >= 0.6 is 0 Å². The monoisotopic (exact) mass is 610 g/mol. The zero-order valence-corrected chi connectivity index (χ0v) is 25.8. The number of nitro groups is 1. The summed E-state index contributed by atoms with van der Waals surface area (Å²) in [6.07, 6.45) is 0. The van der Waals surface area contributed by atoms with Gasteiger partial charge in [-0.05, 0) is 25.0 Å². The predicted octanol–water partition coefficient (Wildman–Crippen LogP) is 5.17. The summed E-state index contributed by atoms with van der Waals surface area (Å²) in [7, 11) is 1.25. The largest absolute Gasteiger partial charge is 0.468 e. The Bertz CT molecular complexity index is 1540. The number of esters is 2. The van der Waals surface area contributed by atoms with E-state index in [0.29, 0.717) is 18.0 Å². The van der Waals surface area contributed by atoms with Gasteiger partial charge in [0.05, 0.1) is 23.6 Å². The van der Waals surface area contributed by atoms with Crippen molar-refractivity contribution in [2.75, 3.05) is 46.4 Å². The number of hydrogen-bond acceptors (Lipinski definition) is 9. The first kappa shape index (κ1) is 31.7. The highest BCUT2D eigenvalue weighted by Crippen LogP contribution is 2.43. The Balaban J connectivity index is 1.27. The highest BCUT2D eigenvalue weighted by atomic mass is 16.6. The fraction of sp³-hybridized carbons (Fsp3) is 0.343. The Kier molecular flexibility index (Phi) is 10.2. The van der Waals surface area contributed by atoms with E-state index in [0.717, 1.165) is 26.2 Å². The highest BCUT2D eigenvalue weighted by Gasteiger charge is 2.44. The zero-order chi connectivity index (χ0) is 31.9. The van der Waals surface area contributed by atoms with Crippen molar-refractivity contribution < 1.29 is 24.0 Å². The lowest BCUT2D eigenvalue weighted by molar-refractivity contribution is -0.385. The van der Waals surface area contributed by atoms with Crippen LogP contribution in [-0.4, -0.2) is 78.8 Å². The van der Waals surface area contributed by atoms with Crippen LogP contribution in [0.25, 0.3) is 0 Å². The van der Waals surface area contributed by atoms with Crippen molar-refractivity contribution in [2.45, 2.75) is 25.8 Å². The average molecular weight is 611 g/mol. The van der Waals surface area contributed by atoms with Crippen LogP contribution in [0.1, 0.15) is 42.5 Å². The fourth-order valence-electron chi connectivity index (χ4n) is 6.46. The molecule has 0 radical (unpaired) electrons. The number of piperazine rings is 1. The van der Waals surface area contributed by atoms with Crippen molar-refractivity contribution in [3.05, 3.63) is 123 Å². The van der Waals surface area contributed by atoms with Crippen molar-refractivity contribution in [3.8, 4) is 0 Å². The van der Waals surface area contributed by atoms with E-state index in [2.05, 4.69) is 63.3 Å². The van der Waals surface area contributed by atoms with E-state index in [1.807, 2.05) is 12.1 Å². The van der Waals surface area contributed by atoms with Crippen molar-refractivity contribution >= 4 is 23.3 Å². The standard InChI is InChI=1S/C35H38N4O6/c1-24-30(34(40)44-3)32(28-16-10-11-17-29(28)39(42)43)31(25(2)36-24)35(41)45-23-22-37-18-20-38(21-19-37)33(26-12-6-4-7-13-26)27-14-8-5-9-15-27/h4-17,30,32-33H,18-23H2,1-3H3. The lowest BCUT2D eigenvalue weighted by atomic mass is 9.75. The van der Waals surface area contributed by atoms with Crippen LogP contribution in [0, 0.1) is 16.0 Å². The molecule has 5 rings (SSSR count). The Labute approximate surface area is 263 Å². The summed E-state index contributed by atoms with van der Waals surface area (Å²) in [6, 6.07) is 27.3. The summed E-state index contributed by atoms with van der Waals surface area (Å²) < 4.78 is 10.8. The van der Waals surface area contributed by atoms with Crippen LogP contribution in [0.5, 0.6) is 0 Å². The number of benzene rings is 3. The first-order valence-corrected chi connectivity index (χ1v) is 15.1. The molecule has 2 aliphatic heterocycles. The Hall–Kier alpha value is -4.67. The van der Waals surface area contributed by atoms with E-state index in [9.17, 15) is 19.7 Å². The maximum absolute atomic E-state index is 13.6. The minimum atomic E-state index is -1.00. The number of nitrogens with zero attached hydrogens (tertiary/aromatic N) is 4. The van der Waals surface area contributed by atoms with E-state index in [4.69, 9.17) is 9.47 Å². The number of aliphatic imine (C=N–C) groups is 1. The van der Waals surface area contributed by atoms with Gasteiger partial charge in [0.1, 0.15) is 12.5 Å². The molecule has 1 fully saturated rings. The molecule has 3 aromatic rings. The molecule has 0 spiro atoms. The van der Waals surface area contributed by atoms with Gasteiger partial charge in [-0.3, -0.25) is 29.7 Å². The maximum atomic E-state index is 13.6. The van der Waals surface area contributed by atoms with E-state index < -0.39 is 28.7 Å². The number of carbonyl (C=O) groups is 2. The van der Waals surface area contributed by atoms with Crippen LogP contribution in [0.4, 0.5) is 5.69 Å². The summed E-state index contributed by atoms with van der Waals surface area (Å²) >= 11 is 0. The van der Waals surface area contributed by atoms with Gasteiger partial charge in [0, 0.05) is 61.7 Å². The SMILES string of the molecule is COC(=O)C1C(C)=NC(C)=C(C(=O)OCCN2CCN(C(c3ccccc3)c3ccccc3)CC2)C1c1ccccc1[N+](=O)[O-]. The van der Waals surface area contributed by atoms with Gasteiger partial charge in [-0.1, -0.05) is 78.9 Å². The van der Waals surface area contributed by atoms with Gasteiger partial charge in [-0.25, -0.2) is 4.79 Å². The molecular weight excluding hydrogens is 572 g/mol. The predicted molar refractivity (Wildman–Crippen MR) is 171 cm³/mol. The van der Waals surface area contributed by atoms with E-state index in [1.54, 1.807) is 32.0 Å². The van der Waals surface area contributed by atoms with Crippen molar-refractivity contribution in [2.24, 2.45) is 10.9 Å². The summed E-state index contributed by atoms with van der Waals surface area (Å²) in [5.74, 6) is -3.25. The van der Waals surface area contributed by atoms with Crippen LogP contribution < -0.4 is 0 Å². The molecule has 3 aromatic carbocycles. The van der Waals surface area contributed by atoms with Crippen molar-refractivity contribution in [1.29, 1.82) is 0 Å². The number of rotatable bonds is 10. The normalized spacial score (nSPS) is 19.2. The third-order valence-corrected chi connectivity index (χ3v) is 8.62. The minimum absolute atomic E-state index is 0.128. The Morgan fingerprint density at radius 3 is 2.07 bits per heavy atom. The Morgan fingerprint density at radius 1 is 0.911 bits per heavy atom. The first-order chi connectivity index (χ1) is 21.8. The number of nitro benzene ring substituents is 1. The summed E-state index contributed by atoms with van der Waals surface area (Å²) in [5, 5.41) is 11.9. The van der Waals surface area contributed by atoms with Crippen LogP contribution in [0.3, 0.4) is 0 Å². The molecule has 0 amide bonds. The molecule has 2 unspecified atom stereocenters. The first-order valence-electron chi connectivity index (χ1n) is 15.1. The Morgan fingerprint density at radius 2 is 1.49 bits per heavy atom. The topological polar surface area (TPSA) is 115 Å². The summed E-state index contributed by atoms with van der Waals surface area (Å²) in [6.45, 7) is 7.30. The van der Waals surface area contributed by atoms with Gasteiger partial charge in [-0.15, -0.1) is 0 Å². The molecule has 2 atom stereocenters. The molecule has 2 heterocycles. The molecule has 0 bridgehead atoms. The molecule has 1 saturated heterocycles. The molecule has 0 N–H and O–H groups in total. The van der Waals surface area contributed by atoms with E-state index in [1.165, 1.54) is 24.3 Å². The number of para-hydroxylation sites is 1. The van der Waals surface area contributed by atoms with Gasteiger partial charge in [0.2, 0.25) is 0 Å². The van der Waals surface area contributed by atoms with Gasteiger partial charge in [0.15, 0.2) is 0 Å². The lowest BCUT2D eigenvalue weighted by Gasteiger charge is -2.39. The van der Waals surface area contributed by atoms with Gasteiger partial charge >= 0.3 is 11.9 Å². The fourth-order valence-corrected chi connectivity index (χ4v) is 6.46. The number of hydrogen-bond donors (Lipinski definition) is 0. The number of allylic oxidation sites excluding steroid dienone is 1. The maximum Gasteiger partial charge on any atom is 0.336 e. The van der Waals surface area contributed by atoms with Gasteiger partial charge in [-0.2, -0.15) is 0 Å². The van der Waals surface area contributed by atoms with Gasteiger partial charge < -0.3 is 9.47 Å². The van der Waals surface area contributed by atoms with Crippen LogP contribution in [0.15, 0.2) is 101 Å². The molecular formula is C35H38N4O6. The lowest BCUT2D eigenvalue weighted by Crippen LogP contribution is -2.48. The summed E-state index contributed by atoms with van der Waals surface area (Å²) in [4.78, 5) is 47.2. The van der Waals surface area contributed by atoms with Crippen LogP contribution in [-0.2, 0) is 19.1 Å².